The quantitative estimate of drug-likeness (QED) is 0.591. The van der Waals surface area contributed by atoms with Crippen molar-refractivity contribution in [3.63, 3.8) is 0 Å². The first-order chi connectivity index (χ1) is 5.70. The lowest BCUT2D eigenvalue weighted by molar-refractivity contribution is -0.114. The van der Waals surface area contributed by atoms with Gasteiger partial charge in [0.05, 0.1) is 0 Å². The van der Waals surface area contributed by atoms with Crippen LogP contribution in [-0.2, 0) is 4.79 Å². The van der Waals surface area contributed by atoms with E-state index in [1.807, 2.05) is 0 Å². The van der Waals surface area contributed by atoms with Gasteiger partial charge in [-0.15, -0.1) is 0 Å². The summed E-state index contributed by atoms with van der Waals surface area (Å²) in [6, 6.07) is 0. The van der Waals surface area contributed by atoms with Gasteiger partial charge in [0.1, 0.15) is 0 Å². The van der Waals surface area contributed by atoms with E-state index in [0.717, 1.165) is 25.8 Å². The summed E-state index contributed by atoms with van der Waals surface area (Å²) in [5.41, 5.74) is 5.38. The Morgan fingerprint density at radius 3 is 2.75 bits per heavy atom. The van der Waals surface area contributed by atoms with E-state index in [0.29, 0.717) is 12.3 Å². The lowest BCUT2D eigenvalue weighted by Crippen LogP contribution is -2.04. The van der Waals surface area contributed by atoms with E-state index in [-0.39, 0.29) is 5.78 Å². The molecular weight excluding hydrogens is 150 g/mol. The number of nitrogens with two attached hydrogens (primary N) is 1. The van der Waals surface area contributed by atoms with Crippen LogP contribution in [0.1, 0.15) is 32.6 Å². The molecule has 0 aromatic carbocycles. The zero-order valence-corrected chi connectivity index (χ0v) is 7.88. The van der Waals surface area contributed by atoms with Crippen molar-refractivity contribution in [2.45, 2.75) is 32.6 Å². The van der Waals surface area contributed by atoms with Crippen LogP contribution in [0.2, 0.25) is 0 Å². The standard InChI is InChI=1S/C10H19NO/c1-3-10(12)7-6-9(2)5-4-8-11/h3,9H,1,4-8,11H2,2H3. The van der Waals surface area contributed by atoms with Crippen LogP contribution < -0.4 is 5.73 Å². The van der Waals surface area contributed by atoms with Crippen molar-refractivity contribution in [2.75, 3.05) is 6.54 Å². The van der Waals surface area contributed by atoms with Crippen molar-refractivity contribution in [1.82, 2.24) is 0 Å². The summed E-state index contributed by atoms with van der Waals surface area (Å²) in [5, 5.41) is 0. The Kier molecular flexibility index (Phi) is 6.67. The highest BCUT2D eigenvalue weighted by Crippen LogP contribution is 2.12. The predicted molar refractivity (Wildman–Crippen MR) is 51.9 cm³/mol. The Morgan fingerprint density at radius 1 is 1.58 bits per heavy atom. The van der Waals surface area contributed by atoms with Crippen molar-refractivity contribution in [2.24, 2.45) is 11.7 Å². The van der Waals surface area contributed by atoms with E-state index in [9.17, 15) is 4.79 Å². The Hall–Kier alpha value is -0.630. The fourth-order valence-electron chi connectivity index (χ4n) is 1.10. The van der Waals surface area contributed by atoms with Gasteiger partial charge >= 0.3 is 0 Å². The molecule has 0 aliphatic rings. The van der Waals surface area contributed by atoms with Crippen LogP contribution in [-0.4, -0.2) is 12.3 Å². The van der Waals surface area contributed by atoms with Gasteiger partial charge in [0.2, 0.25) is 0 Å². The molecule has 0 saturated heterocycles. The molecule has 0 aromatic heterocycles. The molecule has 0 aliphatic heterocycles. The van der Waals surface area contributed by atoms with Crippen molar-refractivity contribution < 1.29 is 4.79 Å². The smallest absolute Gasteiger partial charge is 0.155 e. The molecule has 1 unspecified atom stereocenters. The van der Waals surface area contributed by atoms with Crippen molar-refractivity contribution in [3.8, 4) is 0 Å². The molecule has 0 fully saturated rings. The lowest BCUT2D eigenvalue weighted by atomic mass is 9.98. The molecule has 0 aromatic rings. The van der Waals surface area contributed by atoms with Crippen LogP contribution in [0.4, 0.5) is 0 Å². The van der Waals surface area contributed by atoms with Crippen LogP contribution in [0.25, 0.3) is 0 Å². The second-order valence-electron chi connectivity index (χ2n) is 3.25. The topological polar surface area (TPSA) is 43.1 Å². The van der Waals surface area contributed by atoms with Crippen LogP contribution in [0.5, 0.6) is 0 Å². The SMILES string of the molecule is C=CC(=O)CCC(C)CCCN. The summed E-state index contributed by atoms with van der Waals surface area (Å²) in [5.74, 6) is 0.757. The highest BCUT2D eigenvalue weighted by Gasteiger charge is 2.03. The summed E-state index contributed by atoms with van der Waals surface area (Å²) in [6.07, 6.45) is 5.18. The van der Waals surface area contributed by atoms with E-state index >= 15 is 0 Å². The van der Waals surface area contributed by atoms with Crippen LogP contribution in [0, 0.1) is 5.92 Å². The fraction of sp³-hybridized carbons (Fsp3) is 0.700. The minimum Gasteiger partial charge on any atom is -0.330 e. The van der Waals surface area contributed by atoms with Crippen LogP contribution in [0.15, 0.2) is 12.7 Å². The zero-order chi connectivity index (χ0) is 9.40. The van der Waals surface area contributed by atoms with Gasteiger partial charge in [-0.3, -0.25) is 4.79 Å². The maximum Gasteiger partial charge on any atom is 0.155 e. The minimum atomic E-state index is 0.148. The second-order valence-corrected chi connectivity index (χ2v) is 3.25. The third kappa shape index (κ3) is 6.10. The number of hydrogen-bond acceptors (Lipinski definition) is 2. The summed E-state index contributed by atoms with van der Waals surface area (Å²) < 4.78 is 0. The Morgan fingerprint density at radius 2 is 2.25 bits per heavy atom. The Balaban J connectivity index is 3.36. The molecule has 0 saturated carbocycles. The lowest BCUT2D eigenvalue weighted by Gasteiger charge is -2.08. The Labute approximate surface area is 74.8 Å². The first kappa shape index (κ1) is 11.4. The van der Waals surface area contributed by atoms with E-state index < -0.39 is 0 Å². The monoisotopic (exact) mass is 169 g/mol. The fourth-order valence-corrected chi connectivity index (χ4v) is 1.10. The molecular formula is C10H19NO. The molecule has 0 radical (unpaired) electrons. The van der Waals surface area contributed by atoms with E-state index in [4.69, 9.17) is 5.73 Å². The summed E-state index contributed by atoms with van der Waals surface area (Å²) in [7, 11) is 0. The van der Waals surface area contributed by atoms with Crippen molar-refractivity contribution in [3.05, 3.63) is 12.7 Å². The number of carbonyl (C=O) groups excluding carboxylic acids is 1. The highest BCUT2D eigenvalue weighted by atomic mass is 16.1. The summed E-state index contributed by atoms with van der Waals surface area (Å²) in [6.45, 7) is 6.34. The van der Waals surface area contributed by atoms with Crippen LogP contribution in [0.3, 0.4) is 0 Å². The van der Waals surface area contributed by atoms with Gasteiger partial charge < -0.3 is 5.73 Å². The highest BCUT2D eigenvalue weighted by molar-refractivity contribution is 5.88. The maximum atomic E-state index is 10.8. The normalized spacial score (nSPS) is 12.5. The number of allylic oxidation sites excluding steroid dienone is 1. The molecule has 0 aliphatic carbocycles. The minimum absolute atomic E-state index is 0.148. The zero-order valence-electron chi connectivity index (χ0n) is 7.88. The van der Waals surface area contributed by atoms with Crippen LogP contribution >= 0.6 is 0 Å². The predicted octanol–water partition coefficient (Wildman–Crippen LogP) is 1.90. The molecule has 2 heteroatoms. The molecule has 0 bridgehead atoms. The molecule has 2 nitrogen and oxygen atoms in total. The molecule has 0 rings (SSSR count). The van der Waals surface area contributed by atoms with Gasteiger partial charge in [0.25, 0.3) is 0 Å². The molecule has 2 N–H and O–H groups in total. The molecule has 0 heterocycles. The van der Waals surface area contributed by atoms with Gasteiger partial charge in [0.15, 0.2) is 5.78 Å². The van der Waals surface area contributed by atoms with Gasteiger partial charge in [-0.25, -0.2) is 0 Å². The summed E-state index contributed by atoms with van der Waals surface area (Å²) in [4.78, 5) is 10.8. The molecule has 0 spiro atoms. The average molecular weight is 169 g/mol. The maximum absolute atomic E-state index is 10.8. The molecule has 0 amide bonds. The van der Waals surface area contributed by atoms with E-state index in [1.54, 1.807) is 0 Å². The van der Waals surface area contributed by atoms with Gasteiger partial charge in [-0.05, 0) is 37.8 Å². The molecule has 1 atom stereocenters. The number of rotatable bonds is 7. The number of hydrogen-bond donors (Lipinski definition) is 1. The Bertz CT molecular complexity index is 143. The third-order valence-electron chi connectivity index (χ3n) is 2.01. The largest absolute Gasteiger partial charge is 0.330 e. The third-order valence-corrected chi connectivity index (χ3v) is 2.01. The summed E-state index contributed by atoms with van der Waals surface area (Å²) >= 11 is 0. The molecule has 12 heavy (non-hydrogen) atoms. The van der Waals surface area contributed by atoms with E-state index in [2.05, 4.69) is 13.5 Å². The van der Waals surface area contributed by atoms with Crippen molar-refractivity contribution in [1.29, 1.82) is 0 Å². The van der Waals surface area contributed by atoms with Gasteiger partial charge in [0, 0.05) is 6.42 Å². The van der Waals surface area contributed by atoms with Gasteiger partial charge in [-0.2, -0.15) is 0 Å². The first-order valence-electron chi connectivity index (χ1n) is 4.56. The number of carbonyl (C=O) groups is 1. The first-order valence-corrected chi connectivity index (χ1v) is 4.56. The second kappa shape index (κ2) is 7.04. The van der Waals surface area contributed by atoms with Gasteiger partial charge in [-0.1, -0.05) is 13.5 Å². The van der Waals surface area contributed by atoms with Crippen molar-refractivity contribution >= 4 is 5.78 Å². The molecule has 70 valence electrons. The average Bonchev–Trinajstić information content (AvgIpc) is 2.10. The van der Waals surface area contributed by atoms with E-state index in [1.165, 1.54) is 6.08 Å². The number of ketones is 1.